The van der Waals surface area contributed by atoms with E-state index in [-0.39, 0.29) is 17.6 Å². The van der Waals surface area contributed by atoms with Gasteiger partial charge in [0.2, 0.25) is 11.8 Å². The Bertz CT molecular complexity index is 1130. The average Bonchev–Trinajstić information content (AvgIpc) is 2.79. The molecule has 158 valence electrons. The molecule has 2 aliphatic rings. The monoisotopic (exact) mass is 416 g/mol. The molecule has 3 heterocycles. The first-order valence-corrected chi connectivity index (χ1v) is 10.5. The van der Waals surface area contributed by atoms with Crippen LogP contribution in [0.4, 0.5) is 0 Å². The number of amides is 2. The highest BCUT2D eigenvalue weighted by Crippen LogP contribution is 2.23. The first-order valence-electron chi connectivity index (χ1n) is 10.5. The number of carbonyl (C=O) groups excluding carboxylic acids is 2. The minimum absolute atomic E-state index is 0.0378. The molecule has 2 fully saturated rings. The zero-order chi connectivity index (χ0) is 21.4. The summed E-state index contributed by atoms with van der Waals surface area (Å²) in [5.74, 6) is 0.0358. The summed E-state index contributed by atoms with van der Waals surface area (Å²) in [6.07, 6.45) is 2.21. The van der Waals surface area contributed by atoms with Gasteiger partial charge in [0, 0.05) is 44.2 Å². The van der Waals surface area contributed by atoms with Crippen molar-refractivity contribution < 1.29 is 14.7 Å². The van der Waals surface area contributed by atoms with E-state index in [9.17, 15) is 14.7 Å². The molecule has 31 heavy (non-hydrogen) atoms. The average molecular weight is 416 g/mol. The second kappa shape index (κ2) is 8.00. The number of aromatic nitrogens is 1. The fourth-order valence-corrected chi connectivity index (χ4v) is 4.54. The highest BCUT2D eigenvalue weighted by molar-refractivity contribution is 5.97. The number of piperazine rings is 2. The van der Waals surface area contributed by atoms with Crippen molar-refractivity contribution in [2.75, 3.05) is 19.6 Å². The molecule has 2 amide bonds. The summed E-state index contributed by atoms with van der Waals surface area (Å²) in [4.78, 5) is 34.4. The molecule has 1 aromatic heterocycles. The molecule has 7 nitrogen and oxygen atoms in total. The Hall–Kier alpha value is -3.45. The van der Waals surface area contributed by atoms with Crippen LogP contribution >= 0.6 is 0 Å². The van der Waals surface area contributed by atoms with Gasteiger partial charge in [-0.25, -0.2) is 0 Å². The third-order valence-electron chi connectivity index (χ3n) is 6.15. The molecule has 7 heteroatoms. The quantitative estimate of drug-likeness (QED) is 0.676. The van der Waals surface area contributed by atoms with E-state index in [4.69, 9.17) is 0 Å². The van der Waals surface area contributed by atoms with Gasteiger partial charge < -0.3 is 15.3 Å². The first-order chi connectivity index (χ1) is 15.1. The van der Waals surface area contributed by atoms with E-state index < -0.39 is 12.1 Å². The standard InChI is InChI=1S/C24H24N4O3/c29-19-8-6-16(7-9-19)13-20-24(31)28-12-11-27(15-21(28)23(30)26-20)14-18-4-1-3-17-5-2-10-25-22(17)18/h1-10,20-21,29H,11-15H2,(H,26,30)/t20-,21+/m0/s1. The van der Waals surface area contributed by atoms with Gasteiger partial charge in [0.25, 0.3) is 0 Å². The van der Waals surface area contributed by atoms with Crippen LogP contribution in [0.25, 0.3) is 10.9 Å². The number of phenols is 1. The van der Waals surface area contributed by atoms with Crippen molar-refractivity contribution in [1.29, 1.82) is 0 Å². The highest BCUT2D eigenvalue weighted by Gasteiger charge is 2.43. The van der Waals surface area contributed by atoms with Crippen LogP contribution in [0, 0.1) is 0 Å². The molecule has 0 saturated carbocycles. The van der Waals surface area contributed by atoms with Crippen molar-refractivity contribution in [2.24, 2.45) is 0 Å². The van der Waals surface area contributed by atoms with Crippen LogP contribution in [0.1, 0.15) is 11.1 Å². The summed E-state index contributed by atoms with van der Waals surface area (Å²) in [5.41, 5.74) is 3.00. The number of pyridine rings is 1. The SMILES string of the molecule is O=C1N[C@@H](Cc2ccc(O)cc2)C(=O)N2CCN(Cc3cccc4cccnc34)C[C@H]12. The first kappa shape index (κ1) is 19.5. The van der Waals surface area contributed by atoms with Crippen LogP contribution in [0.2, 0.25) is 0 Å². The van der Waals surface area contributed by atoms with Crippen LogP contribution in [0.15, 0.2) is 60.8 Å². The van der Waals surface area contributed by atoms with Gasteiger partial charge in [-0.05, 0) is 29.3 Å². The lowest BCUT2D eigenvalue weighted by Gasteiger charge is -2.45. The second-order valence-electron chi connectivity index (χ2n) is 8.21. The molecule has 0 bridgehead atoms. The van der Waals surface area contributed by atoms with Gasteiger partial charge >= 0.3 is 0 Å². The van der Waals surface area contributed by atoms with Crippen LogP contribution in [0.5, 0.6) is 5.75 Å². The number of benzene rings is 2. The van der Waals surface area contributed by atoms with E-state index in [0.29, 0.717) is 32.6 Å². The number of nitrogens with one attached hydrogen (secondary N) is 1. The van der Waals surface area contributed by atoms with Crippen molar-refractivity contribution in [1.82, 2.24) is 20.1 Å². The minimum Gasteiger partial charge on any atom is -0.508 e. The maximum Gasteiger partial charge on any atom is 0.246 e. The largest absolute Gasteiger partial charge is 0.508 e. The summed E-state index contributed by atoms with van der Waals surface area (Å²) in [6.45, 7) is 2.44. The number of rotatable bonds is 4. The fourth-order valence-electron chi connectivity index (χ4n) is 4.54. The topological polar surface area (TPSA) is 85.8 Å². The molecule has 0 unspecified atom stereocenters. The molecular formula is C24H24N4O3. The molecule has 0 aliphatic carbocycles. The normalized spacial score (nSPS) is 21.7. The van der Waals surface area contributed by atoms with Crippen molar-refractivity contribution in [3.8, 4) is 5.75 Å². The summed E-state index contributed by atoms with van der Waals surface area (Å²) < 4.78 is 0. The molecule has 2 N–H and O–H groups in total. The number of para-hydroxylation sites is 1. The molecule has 0 radical (unpaired) electrons. The zero-order valence-corrected chi connectivity index (χ0v) is 17.1. The maximum atomic E-state index is 13.0. The minimum atomic E-state index is -0.567. The van der Waals surface area contributed by atoms with Gasteiger partial charge in [-0.1, -0.05) is 36.4 Å². The van der Waals surface area contributed by atoms with E-state index in [1.807, 2.05) is 24.3 Å². The molecule has 0 spiro atoms. The van der Waals surface area contributed by atoms with Gasteiger partial charge in [-0.3, -0.25) is 19.5 Å². The second-order valence-corrected chi connectivity index (χ2v) is 8.21. The lowest BCUT2D eigenvalue weighted by Crippen LogP contribution is -2.69. The number of phenolic OH excluding ortho intramolecular Hbond substituents is 1. The van der Waals surface area contributed by atoms with E-state index >= 15 is 0 Å². The summed E-state index contributed by atoms with van der Waals surface area (Å²) in [7, 11) is 0. The van der Waals surface area contributed by atoms with Crippen molar-refractivity contribution in [3.05, 3.63) is 71.9 Å². The van der Waals surface area contributed by atoms with Crippen molar-refractivity contribution in [2.45, 2.75) is 25.0 Å². The fraction of sp³-hybridized carbons (Fsp3) is 0.292. The third-order valence-corrected chi connectivity index (χ3v) is 6.15. The van der Waals surface area contributed by atoms with Crippen molar-refractivity contribution in [3.63, 3.8) is 0 Å². The van der Waals surface area contributed by atoms with Gasteiger partial charge in [-0.15, -0.1) is 0 Å². The number of hydrogen-bond acceptors (Lipinski definition) is 5. The summed E-state index contributed by atoms with van der Waals surface area (Å²) in [6, 6.07) is 15.8. The Kier molecular flexibility index (Phi) is 5.03. The number of nitrogens with zero attached hydrogens (tertiary/aromatic N) is 3. The van der Waals surface area contributed by atoms with Crippen LogP contribution in [0.3, 0.4) is 0 Å². The van der Waals surface area contributed by atoms with Crippen molar-refractivity contribution >= 4 is 22.7 Å². The predicted molar refractivity (Wildman–Crippen MR) is 116 cm³/mol. The Labute approximate surface area is 180 Å². The number of aromatic hydroxyl groups is 1. The molecule has 5 rings (SSSR count). The van der Waals surface area contributed by atoms with E-state index in [1.165, 1.54) is 0 Å². The lowest BCUT2D eigenvalue weighted by atomic mass is 9.98. The Morgan fingerprint density at radius 2 is 1.84 bits per heavy atom. The maximum absolute atomic E-state index is 13.0. The molecule has 2 atom stereocenters. The summed E-state index contributed by atoms with van der Waals surface area (Å²) >= 11 is 0. The van der Waals surface area contributed by atoms with Gasteiger partial charge in [0.15, 0.2) is 0 Å². The molecule has 2 aliphatic heterocycles. The number of hydrogen-bond donors (Lipinski definition) is 2. The molecule has 2 saturated heterocycles. The zero-order valence-electron chi connectivity index (χ0n) is 17.1. The Morgan fingerprint density at radius 3 is 2.68 bits per heavy atom. The highest BCUT2D eigenvalue weighted by atomic mass is 16.3. The third kappa shape index (κ3) is 3.84. The van der Waals surface area contributed by atoms with Crippen LogP contribution in [-0.4, -0.2) is 63.4 Å². The van der Waals surface area contributed by atoms with E-state index in [2.05, 4.69) is 21.3 Å². The molecule has 3 aromatic rings. The molecular weight excluding hydrogens is 392 g/mol. The van der Waals surface area contributed by atoms with Gasteiger partial charge in [0.1, 0.15) is 17.8 Å². The van der Waals surface area contributed by atoms with E-state index in [1.54, 1.807) is 35.4 Å². The van der Waals surface area contributed by atoms with Gasteiger partial charge in [-0.2, -0.15) is 0 Å². The molecule has 2 aromatic carbocycles. The Balaban J connectivity index is 1.28. The summed E-state index contributed by atoms with van der Waals surface area (Å²) in [5, 5.41) is 13.5. The van der Waals surface area contributed by atoms with E-state index in [0.717, 1.165) is 22.0 Å². The van der Waals surface area contributed by atoms with Gasteiger partial charge in [0.05, 0.1) is 5.52 Å². The van der Waals surface area contributed by atoms with Crippen LogP contribution in [-0.2, 0) is 22.6 Å². The number of fused-ring (bicyclic) bond motifs is 2. The Morgan fingerprint density at radius 1 is 1.03 bits per heavy atom. The van der Waals surface area contributed by atoms with Crippen LogP contribution < -0.4 is 5.32 Å². The predicted octanol–water partition coefficient (Wildman–Crippen LogP) is 1.69. The smallest absolute Gasteiger partial charge is 0.246 e. The number of carbonyl (C=O) groups is 2. The lowest BCUT2D eigenvalue weighted by molar-refractivity contribution is -0.153.